The van der Waals surface area contributed by atoms with Gasteiger partial charge in [0.1, 0.15) is 6.61 Å². The molecule has 66 heavy (non-hydrogen) atoms. The third-order valence-corrected chi connectivity index (χ3v) is 11.3. The molecule has 0 saturated heterocycles. The number of carbonyl (C=O) groups is 2. The van der Waals surface area contributed by atoms with E-state index in [1.165, 1.54) is 89.9 Å². The molecule has 0 aromatic rings. The molecule has 5 heteroatoms. The van der Waals surface area contributed by atoms with Gasteiger partial charge in [-0.3, -0.25) is 9.59 Å². The first-order valence-electron chi connectivity index (χ1n) is 27.4. The lowest BCUT2D eigenvalue weighted by Crippen LogP contribution is -2.30. The number of hydrogen-bond donors (Lipinski definition) is 0. The third kappa shape index (κ3) is 53.2. The molecule has 0 aliphatic heterocycles. The minimum absolute atomic E-state index is 0.0593. The Morgan fingerprint density at radius 2 is 0.682 bits per heavy atom. The molecule has 0 aromatic carbocycles. The second-order valence-corrected chi connectivity index (χ2v) is 17.7. The van der Waals surface area contributed by atoms with Crippen LogP contribution in [0.3, 0.4) is 0 Å². The maximum absolute atomic E-state index is 12.8. The van der Waals surface area contributed by atoms with Crippen LogP contribution < -0.4 is 0 Å². The summed E-state index contributed by atoms with van der Waals surface area (Å²) in [4.78, 5) is 25.4. The number of allylic oxidation sites excluding steroid dienone is 18. The van der Waals surface area contributed by atoms with Crippen molar-refractivity contribution in [3.8, 4) is 0 Å². The van der Waals surface area contributed by atoms with E-state index in [4.69, 9.17) is 14.2 Å². The van der Waals surface area contributed by atoms with E-state index < -0.39 is 6.10 Å². The van der Waals surface area contributed by atoms with Gasteiger partial charge in [-0.15, -0.1) is 0 Å². The van der Waals surface area contributed by atoms with Gasteiger partial charge in [-0.2, -0.15) is 0 Å². The summed E-state index contributed by atoms with van der Waals surface area (Å²) in [6.45, 7) is 7.54. The molecule has 0 aliphatic carbocycles. The highest BCUT2D eigenvalue weighted by atomic mass is 16.6. The molecular weight excluding hydrogens is 813 g/mol. The van der Waals surface area contributed by atoms with Gasteiger partial charge >= 0.3 is 11.9 Å². The average molecular weight is 915 g/mol. The first-order chi connectivity index (χ1) is 32.6. The Hall–Kier alpha value is -3.44. The van der Waals surface area contributed by atoms with Gasteiger partial charge in [-0.1, -0.05) is 233 Å². The third-order valence-electron chi connectivity index (χ3n) is 11.3. The van der Waals surface area contributed by atoms with Crippen molar-refractivity contribution in [3.63, 3.8) is 0 Å². The Labute approximate surface area is 408 Å². The number of carbonyl (C=O) groups excluding carboxylic acids is 2. The first-order valence-corrected chi connectivity index (χ1v) is 27.4. The van der Waals surface area contributed by atoms with E-state index in [0.717, 1.165) is 116 Å². The SMILES string of the molecule is CC/C=C\C/C=C\C/C=C\C/C=C\C/C=C\CCCCCC(=O)OCC(COCCCCCCCCC/C=C\C/C=C\C/C=C\C/C=C\CC)OC(=O)CCCCCCCCCCCCC. The number of esters is 2. The molecule has 0 heterocycles. The summed E-state index contributed by atoms with van der Waals surface area (Å²) in [6.07, 6.45) is 76.7. The van der Waals surface area contributed by atoms with E-state index in [2.05, 4.69) is 130 Å². The molecule has 0 aliphatic rings. The fourth-order valence-electron chi connectivity index (χ4n) is 7.29. The lowest BCUT2D eigenvalue weighted by atomic mass is 10.1. The van der Waals surface area contributed by atoms with Gasteiger partial charge < -0.3 is 14.2 Å². The maximum Gasteiger partial charge on any atom is 0.306 e. The highest BCUT2D eigenvalue weighted by Crippen LogP contribution is 2.14. The molecule has 0 fully saturated rings. The van der Waals surface area contributed by atoms with Crippen molar-refractivity contribution < 1.29 is 23.8 Å². The molecule has 1 atom stereocenters. The van der Waals surface area contributed by atoms with Crippen molar-refractivity contribution in [2.45, 2.75) is 245 Å². The molecule has 1 unspecified atom stereocenters. The topological polar surface area (TPSA) is 61.8 Å². The second-order valence-electron chi connectivity index (χ2n) is 17.7. The van der Waals surface area contributed by atoms with E-state index >= 15 is 0 Å². The van der Waals surface area contributed by atoms with Crippen LogP contribution >= 0.6 is 0 Å². The maximum atomic E-state index is 12.8. The van der Waals surface area contributed by atoms with Crippen LogP contribution in [0.4, 0.5) is 0 Å². The first kappa shape index (κ1) is 62.6. The Balaban J connectivity index is 4.32. The van der Waals surface area contributed by atoms with Crippen molar-refractivity contribution in [2.24, 2.45) is 0 Å². The Bertz CT molecular complexity index is 1310. The quantitative estimate of drug-likeness (QED) is 0.0346. The minimum Gasteiger partial charge on any atom is -0.462 e. The van der Waals surface area contributed by atoms with Crippen LogP contribution in [0.25, 0.3) is 0 Å². The van der Waals surface area contributed by atoms with E-state index in [1.807, 2.05) is 0 Å². The summed E-state index contributed by atoms with van der Waals surface area (Å²) in [5.41, 5.74) is 0. The Morgan fingerprint density at radius 1 is 0.348 bits per heavy atom. The molecule has 5 nitrogen and oxygen atoms in total. The van der Waals surface area contributed by atoms with Gasteiger partial charge in [-0.05, 0) is 103 Å². The van der Waals surface area contributed by atoms with E-state index in [-0.39, 0.29) is 25.2 Å². The summed E-state index contributed by atoms with van der Waals surface area (Å²) in [5, 5.41) is 0. The molecule has 0 saturated carbocycles. The summed E-state index contributed by atoms with van der Waals surface area (Å²) in [5.74, 6) is -0.442. The summed E-state index contributed by atoms with van der Waals surface area (Å²) >= 11 is 0. The van der Waals surface area contributed by atoms with Crippen LogP contribution in [-0.2, 0) is 23.8 Å². The van der Waals surface area contributed by atoms with Crippen LogP contribution in [0.5, 0.6) is 0 Å². The zero-order valence-electron chi connectivity index (χ0n) is 43.2. The highest BCUT2D eigenvalue weighted by molar-refractivity contribution is 5.70. The molecular formula is C61H102O5. The van der Waals surface area contributed by atoms with Crippen molar-refractivity contribution in [1.82, 2.24) is 0 Å². The van der Waals surface area contributed by atoms with E-state index in [0.29, 0.717) is 19.4 Å². The van der Waals surface area contributed by atoms with Gasteiger partial charge in [0.15, 0.2) is 6.10 Å². The molecule has 0 N–H and O–H groups in total. The highest BCUT2D eigenvalue weighted by Gasteiger charge is 2.17. The van der Waals surface area contributed by atoms with Gasteiger partial charge in [0.05, 0.1) is 6.61 Å². The molecule has 0 radical (unpaired) electrons. The lowest BCUT2D eigenvalue weighted by molar-refractivity contribution is -0.163. The number of rotatable bonds is 49. The van der Waals surface area contributed by atoms with Crippen LogP contribution in [0.2, 0.25) is 0 Å². The van der Waals surface area contributed by atoms with Crippen LogP contribution in [-0.4, -0.2) is 37.9 Å². The average Bonchev–Trinajstić information content (AvgIpc) is 3.32. The van der Waals surface area contributed by atoms with E-state index in [1.54, 1.807) is 0 Å². The van der Waals surface area contributed by atoms with Gasteiger partial charge in [0.2, 0.25) is 0 Å². The monoisotopic (exact) mass is 915 g/mol. The molecule has 376 valence electrons. The Kier molecular flexibility index (Phi) is 53.0. The predicted octanol–water partition coefficient (Wildman–Crippen LogP) is 18.8. The summed E-state index contributed by atoms with van der Waals surface area (Å²) in [7, 11) is 0. The van der Waals surface area contributed by atoms with E-state index in [9.17, 15) is 9.59 Å². The minimum atomic E-state index is -0.560. The van der Waals surface area contributed by atoms with Gasteiger partial charge in [0.25, 0.3) is 0 Å². The van der Waals surface area contributed by atoms with Crippen molar-refractivity contribution in [2.75, 3.05) is 19.8 Å². The largest absolute Gasteiger partial charge is 0.462 e. The zero-order valence-corrected chi connectivity index (χ0v) is 43.2. The van der Waals surface area contributed by atoms with Crippen LogP contribution in [0.15, 0.2) is 109 Å². The lowest BCUT2D eigenvalue weighted by Gasteiger charge is -2.18. The second kappa shape index (κ2) is 55.9. The molecule has 0 amide bonds. The molecule has 0 bridgehead atoms. The molecule has 0 spiro atoms. The van der Waals surface area contributed by atoms with Gasteiger partial charge in [0, 0.05) is 19.4 Å². The molecule has 0 rings (SSSR count). The summed E-state index contributed by atoms with van der Waals surface area (Å²) in [6, 6.07) is 0. The number of ether oxygens (including phenoxy) is 3. The van der Waals surface area contributed by atoms with Crippen molar-refractivity contribution in [3.05, 3.63) is 109 Å². The molecule has 0 aromatic heterocycles. The predicted molar refractivity (Wildman–Crippen MR) is 288 cm³/mol. The smallest absolute Gasteiger partial charge is 0.306 e. The summed E-state index contributed by atoms with van der Waals surface area (Å²) < 4.78 is 17.4. The fraction of sp³-hybridized carbons (Fsp3) is 0.672. The van der Waals surface area contributed by atoms with Gasteiger partial charge in [-0.25, -0.2) is 0 Å². The van der Waals surface area contributed by atoms with Crippen molar-refractivity contribution >= 4 is 11.9 Å². The number of unbranched alkanes of at least 4 members (excludes halogenated alkanes) is 20. The fourth-order valence-corrected chi connectivity index (χ4v) is 7.29. The zero-order chi connectivity index (χ0) is 47.7. The normalized spacial score (nSPS) is 13.1. The van der Waals surface area contributed by atoms with Crippen LogP contribution in [0.1, 0.15) is 239 Å². The van der Waals surface area contributed by atoms with Crippen molar-refractivity contribution in [1.29, 1.82) is 0 Å². The Morgan fingerprint density at radius 3 is 1.11 bits per heavy atom. The standard InChI is InChI=1S/C61H102O5/c1-4-7-10-13-16-19-22-24-26-28-30-32-34-36-38-41-44-47-50-53-56-64-57-59(66-61(63)55-52-49-46-43-39-21-18-15-12-9-6-3)58-65-60(62)54-51-48-45-42-40-37-35-33-31-29-27-25-23-20-17-14-11-8-5-2/h7-8,10-11,16-17,19-20,24-27,30-33,37,40,59H,4-6,9,12-15,18,21-23,28-29,34-36,38-39,41-58H2,1-3H3/b10-7-,11-8-,19-16-,20-17-,26-24-,27-25-,32-30-,33-31-,40-37-. The number of hydrogen-bond acceptors (Lipinski definition) is 5. The van der Waals surface area contributed by atoms with Crippen LogP contribution in [0, 0.1) is 0 Å².